The highest BCUT2D eigenvalue weighted by Crippen LogP contribution is 2.64. The summed E-state index contributed by atoms with van der Waals surface area (Å²) in [6.07, 6.45) is 12.9. The summed E-state index contributed by atoms with van der Waals surface area (Å²) < 4.78 is 0. The molecule has 1 N–H and O–H groups in total. The molecule has 4 aliphatic rings. The van der Waals surface area contributed by atoms with Gasteiger partial charge in [0.25, 0.3) is 0 Å². The Balaban J connectivity index is 0.000000880. The predicted octanol–water partition coefficient (Wildman–Crippen LogP) is 6.39. The summed E-state index contributed by atoms with van der Waals surface area (Å²) in [5.74, 6) is 5.55. The van der Waals surface area contributed by atoms with Gasteiger partial charge in [-0.2, -0.15) is 0 Å². The van der Waals surface area contributed by atoms with Gasteiger partial charge < -0.3 is 5.11 Å². The van der Waals surface area contributed by atoms with E-state index in [0.29, 0.717) is 17.8 Å². The summed E-state index contributed by atoms with van der Waals surface area (Å²) in [7, 11) is 0. The highest BCUT2D eigenvalue weighted by atomic mass is 16.4. The predicted molar refractivity (Wildman–Crippen MR) is 103 cm³/mol. The van der Waals surface area contributed by atoms with Gasteiger partial charge in [-0.1, -0.05) is 34.1 Å². The normalized spacial score (nSPS) is 48.4. The Kier molecular flexibility index (Phi) is 5.85. The minimum absolute atomic E-state index is 0.328. The van der Waals surface area contributed by atoms with Crippen LogP contribution in [0.2, 0.25) is 0 Å². The Hall–Kier alpha value is -0.530. The Bertz CT molecular complexity index is 473. The van der Waals surface area contributed by atoms with Gasteiger partial charge in [-0.15, -0.1) is 0 Å². The molecule has 3 unspecified atom stereocenters. The van der Waals surface area contributed by atoms with Crippen molar-refractivity contribution in [1.29, 1.82) is 0 Å². The van der Waals surface area contributed by atoms with Crippen molar-refractivity contribution in [3.8, 4) is 0 Å². The molecule has 0 bridgehead atoms. The Morgan fingerprint density at radius 2 is 1.68 bits per heavy atom. The van der Waals surface area contributed by atoms with E-state index < -0.39 is 5.97 Å². The molecule has 2 nitrogen and oxygen atoms in total. The molecule has 0 radical (unpaired) electrons. The van der Waals surface area contributed by atoms with E-state index in [2.05, 4.69) is 13.8 Å². The molecule has 8 atom stereocenters. The Morgan fingerprint density at radius 1 is 0.960 bits per heavy atom. The van der Waals surface area contributed by atoms with Crippen LogP contribution in [-0.2, 0) is 4.79 Å². The average Bonchev–Trinajstić information content (AvgIpc) is 2.92. The van der Waals surface area contributed by atoms with E-state index in [9.17, 15) is 9.90 Å². The lowest BCUT2D eigenvalue weighted by Gasteiger charge is -2.56. The van der Waals surface area contributed by atoms with Gasteiger partial charge >= 0.3 is 5.97 Å². The van der Waals surface area contributed by atoms with Crippen LogP contribution in [0.4, 0.5) is 0 Å². The zero-order valence-corrected chi connectivity index (χ0v) is 17.0. The van der Waals surface area contributed by atoms with Gasteiger partial charge in [0.1, 0.15) is 0 Å². The summed E-state index contributed by atoms with van der Waals surface area (Å²) in [6.45, 7) is 8.90. The number of carboxylic acids is 1. The first-order chi connectivity index (χ1) is 12.0. The van der Waals surface area contributed by atoms with Crippen LogP contribution in [-0.4, -0.2) is 11.1 Å². The van der Waals surface area contributed by atoms with Crippen molar-refractivity contribution in [2.24, 2.45) is 46.8 Å². The average molecular weight is 349 g/mol. The molecule has 4 saturated carbocycles. The largest absolute Gasteiger partial charge is 0.481 e. The third-order valence-electron chi connectivity index (χ3n) is 8.83. The first-order valence-corrected chi connectivity index (χ1v) is 11.2. The fourth-order valence-corrected chi connectivity index (χ4v) is 7.74. The molecule has 0 amide bonds. The maximum absolute atomic E-state index is 11.3. The molecule has 2 heteroatoms. The number of aliphatic carboxylic acids is 1. The molecule has 144 valence electrons. The highest BCUT2D eigenvalue weighted by Gasteiger charge is 2.56. The highest BCUT2D eigenvalue weighted by molar-refractivity contribution is 5.67. The fourth-order valence-electron chi connectivity index (χ4n) is 7.74. The topological polar surface area (TPSA) is 37.3 Å². The number of fused-ring (bicyclic) bond motifs is 5. The molecular formula is C23H40O2. The third kappa shape index (κ3) is 3.39. The van der Waals surface area contributed by atoms with Gasteiger partial charge in [-0.25, -0.2) is 0 Å². The third-order valence-corrected chi connectivity index (χ3v) is 8.83. The van der Waals surface area contributed by atoms with Crippen LogP contribution in [0.25, 0.3) is 0 Å². The fraction of sp³-hybridized carbons (Fsp3) is 0.957. The lowest BCUT2D eigenvalue weighted by molar-refractivity contribution is -0.140. The molecule has 4 aliphatic carbocycles. The van der Waals surface area contributed by atoms with Crippen molar-refractivity contribution in [2.75, 3.05) is 0 Å². The van der Waals surface area contributed by atoms with Crippen LogP contribution in [0, 0.1) is 46.8 Å². The second kappa shape index (κ2) is 7.61. The number of carbonyl (C=O) groups is 1. The van der Waals surface area contributed by atoms with Gasteiger partial charge in [-0.3, -0.25) is 4.79 Å². The van der Waals surface area contributed by atoms with E-state index in [0.717, 1.165) is 35.5 Å². The smallest absolute Gasteiger partial charge is 0.303 e. The van der Waals surface area contributed by atoms with E-state index in [4.69, 9.17) is 0 Å². The van der Waals surface area contributed by atoms with Gasteiger partial charge in [0.2, 0.25) is 0 Å². The van der Waals surface area contributed by atoms with E-state index >= 15 is 0 Å². The summed E-state index contributed by atoms with van der Waals surface area (Å²) in [5.41, 5.74) is 0.328. The van der Waals surface area contributed by atoms with Crippen molar-refractivity contribution in [2.45, 2.75) is 91.9 Å². The Morgan fingerprint density at radius 3 is 2.40 bits per heavy atom. The van der Waals surface area contributed by atoms with E-state index in [1.54, 1.807) is 0 Å². The monoisotopic (exact) mass is 348 g/mol. The molecule has 0 aromatic rings. The molecule has 0 spiro atoms. The van der Waals surface area contributed by atoms with Crippen LogP contribution in [0.1, 0.15) is 91.9 Å². The van der Waals surface area contributed by atoms with Crippen molar-refractivity contribution in [3.05, 3.63) is 0 Å². The molecule has 0 saturated heterocycles. The van der Waals surface area contributed by atoms with Crippen LogP contribution in [0.3, 0.4) is 0 Å². The molecule has 0 heterocycles. The maximum Gasteiger partial charge on any atom is 0.303 e. The summed E-state index contributed by atoms with van der Waals surface area (Å²) in [6, 6.07) is 0. The minimum atomic E-state index is -0.580. The van der Waals surface area contributed by atoms with Crippen LogP contribution in [0.15, 0.2) is 0 Å². The van der Waals surface area contributed by atoms with Gasteiger partial charge in [0.15, 0.2) is 0 Å². The second-order valence-electron chi connectivity index (χ2n) is 9.77. The Labute approximate surface area is 155 Å². The van der Waals surface area contributed by atoms with Crippen LogP contribution in [0.5, 0.6) is 0 Å². The number of carboxylic acid groups (broad SMARTS) is 1. The van der Waals surface area contributed by atoms with Crippen molar-refractivity contribution >= 4 is 5.97 Å². The lowest BCUT2D eigenvalue weighted by Crippen LogP contribution is -2.48. The molecule has 25 heavy (non-hydrogen) atoms. The van der Waals surface area contributed by atoms with E-state index in [1.165, 1.54) is 57.8 Å². The first kappa shape index (κ1) is 19.2. The number of hydrogen-bond donors (Lipinski definition) is 1. The van der Waals surface area contributed by atoms with Gasteiger partial charge in [0.05, 0.1) is 0 Å². The standard InChI is InChI=1S/C21H34O2.C2H6/c1-13-3-6-16-14(11-13)4-7-18-17(16)9-10-21(2)15(12-20(22)23)5-8-19(18)21;1-2/h13-19H,3-12H2,1-2H3,(H,22,23);1-2H3/t13?,14-,15-,16+,17?,18-,19?,21-;/m1./s1. The summed E-state index contributed by atoms with van der Waals surface area (Å²) in [5, 5.41) is 9.29. The quantitative estimate of drug-likeness (QED) is 0.627. The summed E-state index contributed by atoms with van der Waals surface area (Å²) >= 11 is 0. The van der Waals surface area contributed by atoms with Crippen LogP contribution >= 0.6 is 0 Å². The van der Waals surface area contributed by atoms with Crippen molar-refractivity contribution < 1.29 is 9.90 Å². The van der Waals surface area contributed by atoms with Crippen LogP contribution < -0.4 is 0 Å². The van der Waals surface area contributed by atoms with Gasteiger partial charge in [-0.05, 0) is 98.2 Å². The molecule has 0 aromatic heterocycles. The van der Waals surface area contributed by atoms with Gasteiger partial charge in [0, 0.05) is 6.42 Å². The minimum Gasteiger partial charge on any atom is -0.481 e. The second-order valence-corrected chi connectivity index (χ2v) is 9.77. The molecule has 0 aliphatic heterocycles. The molecular weight excluding hydrogens is 308 g/mol. The van der Waals surface area contributed by atoms with E-state index in [1.807, 2.05) is 13.8 Å². The number of rotatable bonds is 2. The van der Waals surface area contributed by atoms with Crippen molar-refractivity contribution in [3.63, 3.8) is 0 Å². The SMILES string of the molecule is CC.CC1CC[C@@H]2C3CC[C@@]4(C)C(CC[C@@H]4CC(=O)O)[C@@H]3CC[C@@H]2C1. The molecule has 0 aromatic carbocycles. The molecule has 4 rings (SSSR count). The number of hydrogen-bond acceptors (Lipinski definition) is 1. The zero-order valence-electron chi connectivity index (χ0n) is 17.0. The first-order valence-electron chi connectivity index (χ1n) is 11.2. The summed E-state index contributed by atoms with van der Waals surface area (Å²) in [4.78, 5) is 11.3. The maximum atomic E-state index is 11.3. The lowest BCUT2D eigenvalue weighted by atomic mass is 9.49. The van der Waals surface area contributed by atoms with E-state index in [-0.39, 0.29) is 0 Å². The molecule has 4 fully saturated rings. The zero-order chi connectivity index (χ0) is 18.2. The van der Waals surface area contributed by atoms with Crippen molar-refractivity contribution in [1.82, 2.24) is 0 Å².